The lowest BCUT2D eigenvalue weighted by Crippen LogP contribution is -2.37. The van der Waals surface area contributed by atoms with Gasteiger partial charge in [-0.25, -0.2) is 0 Å². The highest BCUT2D eigenvalue weighted by Crippen LogP contribution is 2.34. The first kappa shape index (κ1) is 17.4. The van der Waals surface area contributed by atoms with Gasteiger partial charge in [0.1, 0.15) is 17.2 Å². The lowest BCUT2D eigenvalue weighted by Gasteiger charge is -2.26. The van der Waals surface area contributed by atoms with Crippen molar-refractivity contribution in [2.24, 2.45) is 11.7 Å². The third-order valence-electron chi connectivity index (χ3n) is 4.34. The number of amides is 1. The minimum absolute atomic E-state index is 0.00557. The predicted molar refractivity (Wildman–Crippen MR) is 87.9 cm³/mol. The summed E-state index contributed by atoms with van der Waals surface area (Å²) < 4.78 is 16.0. The molecule has 0 aromatic heterocycles. The summed E-state index contributed by atoms with van der Waals surface area (Å²) in [5.41, 5.74) is 6.76. The maximum Gasteiger partial charge on any atom is 0.223 e. The Bertz CT molecular complexity index is 522. The zero-order valence-corrected chi connectivity index (χ0v) is 14.1. The molecule has 6 nitrogen and oxygen atoms in total. The zero-order valence-electron chi connectivity index (χ0n) is 14.1. The van der Waals surface area contributed by atoms with Gasteiger partial charge in [0.25, 0.3) is 0 Å². The summed E-state index contributed by atoms with van der Waals surface area (Å²) in [4.78, 5) is 12.4. The number of nitrogens with one attached hydrogen (secondary N) is 1. The molecule has 1 aliphatic carbocycles. The van der Waals surface area contributed by atoms with Crippen LogP contribution in [0.4, 0.5) is 0 Å². The van der Waals surface area contributed by atoms with Gasteiger partial charge in [-0.05, 0) is 19.3 Å². The molecule has 128 valence electrons. The minimum Gasteiger partial charge on any atom is -0.496 e. The number of ether oxygens (including phenoxy) is 3. The third kappa shape index (κ3) is 4.28. The summed E-state index contributed by atoms with van der Waals surface area (Å²) >= 11 is 0. The Kier molecular flexibility index (Phi) is 6.10. The number of benzene rings is 1. The molecule has 1 fully saturated rings. The van der Waals surface area contributed by atoms with Crippen molar-refractivity contribution in [2.75, 3.05) is 21.3 Å². The van der Waals surface area contributed by atoms with E-state index in [-0.39, 0.29) is 17.9 Å². The minimum atomic E-state index is -0.00557. The van der Waals surface area contributed by atoms with Gasteiger partial charge in [0.15, 0.2) is 0 Å². The van der Waals surface area contributed by atoms with Crippen LogP contribution in [0.3, 0.4) is 0 Å². The number of methoxy groups -OCH3 is 3. The average molecular weight is 322 g/mol. The van der Waals surface area contributed by atoms with E-state index in [1.807, 2.05) is 0 Å². The van der Waals surface area contributed by atoms with Crippen LogP contribution in [0.2, 0.25) is 0 Å². The summed E-state index contributed by atoms with van der Waals surface area (Å²) in [5, 5.41) is 2.98. The summed E-state index contributed by atoms with van der Waals surface area (Å²) in [6.45, 7) is 0.348. The molecule has 2 rings (SSSR count). The Morgan fingerprint density at radius 1 is 1.17 bits per heavy atom. The first-order chi connectivity index (χ1) is 11.1. The molecule has 1 aliphatic rings. The largest absolute Gasteiger partial charge is 0.496 e. The van der Waals surface area contributed by atoms with Crippen molar-refractivity contribution in [1.29, 1.82) is 0 Å². The van der Waals surface area contributed by atoms with E-state index in [1.54, 1.807) is 33.5 Å². The fraction of sp³-hybridized carbons (Fsp3) is 0.588. The molecule has 1 saturated carbocycles. The van der Waals surface area contributed by atoms with E-state index < -0.39 is 0 Å². The molecular formula is C17H26N2O4. The zero-order chi connectivity index (χ0) is 16.8. The van der Waals surface area contributed by atoms with E-state index in [0.29, 0.717) is 23.8 Å². The number of nitrogens with two attached hydrogens (primary N) is 1. The van der Waals surface area contributed by atoms with Gasteiger partial charge in [-0.1, -0.05) is 6.42 Å². The first-order valence-corrected chi connectivity index (χ1v) is 7.91. The molecule has 0 bridgehead atoms. The SMILES string of the molecule is COc1cc(OC)c(CNC(=O)C2CCCC(N)C2)c(OC)c1. The fourth-order valence-corrected chi connectivity index (χ4v) is 3.04. The van der Waals surface area contributed by atoms with Crippen molar-refractivity contribution in [3.63, 3.8) is 0 Å². The van der Waals surface area contributed by atoms with Gasteiger partial charge in [-0.2, -0.15) is 0 Å². The number of hydrogen-bond donors (Lipinski definition) is 2. The van der Waals surface area contributed by atoms with Crippen LogP contribution in [0.25, 0.3) is 0 Å². The Labute approximate surface area is 137 Å². The van der Waals surface area contributed by atoms with Gasteiger partial charge in [0.2, 0.25) is 5.91 Å². The van der Waals surface area contributed by atoms with Crippen LogP contribution in [-0.4, -0.2) is 33.3 Å². The first-order valence-electron chi connectivity index (χ1n) is 7.91. The van der Waals surface area contributed by atoms with Crippen LogP contribution in [0.5, 0.6) is 17.2 Å². The van der Waals surface area contributed by atoms with Crippen molar-refractivity contribution in [3.8, 4) is 17.2 Å². The number of carbonyl (C=O) groups excluding carboxylic acids is 1. The smallest absolute Gasteiger partial charge is 0.223 e. The van der Waals surface area contributed by atoms with Crippen LogP contribution in [0.1, 0.15) is 31.2 Å². The maximum atomic E-state index is 12.4. The number of rotatable bonds is 6. The van der Waals surface area contributed by atoms with E-state index >= 15 is 0 Å². The molecule has 2 unspecified atom stereocenters. The molecule has 1 aromatic carbocycles. The van der Waals surface area contributed by atoms with E-state index in [2.05, 4.69) is 5.32 Å². The molecule has 0 radical (unpaired) electrons. The molecule has 23 heavy (non-hydrogen) atoms. The van der Waals surface area contributed by atoms with Crippen molar-refractivity contribution in [3.05, 3.63) is 17.7 Å². The van der Waals surface area contributed by atoms with Gasteiger partial charge in [0.05, 0.1) is 33.4 Å². The standard InChI is InChI=1S/C17H26N2O4/c1-21-13-8-15(22-2)14(16(9-13)23-3)10-19-17(20)11-5-4-6-12(18)7-11/h8-9,11-12H,4-7,10,18H2,1-3H3,(H,19,20). The van der Waals surface area contributed by atoms with Crippen molar-refractivity contribution in [1.82, 2.24) is 5.32 Å². The normalized spacial score (nSPS) is 20.7. The summed E-state index contributed by atoms with van der Waals surface area (Å²) in [5.74, 6) is 1.93. The molecule has 1 amide bonds. The van der Waals surface area contributed by atoms with E-state index in [0.717, 1.165) is 31.2 Å². The molecule has 6 heteroatoms. The molecule has 0 heterocycles. The highest BCUT2D eigenvalue weighted by molar-refractivity contribution is 5.79. The Hall–Kier alpha value is -1.95. The Morgan fingerprint density at radius 2 is 1.83 bits per heavy atom. The van der Waals surface area contributed by atoms with Crippen molar-refractivity contribution < 1.29 is 19.0 Å². The van der Waals surface area contributed by atoms with Gasteiger partial charge < -0.3 is 25.3 Å². The van der Waals surface area contributed by atoms with Crippen LogP contribution in [0, 0.1) is 5.92 Å². The quantitative estimate of drug-likeness (QED) is 0.835. The summed E-state index contributed by atoms with van der Waals surface area (Å²) in [6, 6.07) is 3.69. The van der Waals surface area contributed by atoms with Crippen molar-refractivity contribution in [2.45, 2.75) is 38.3 Å². The topological polar surface area (TPSA) is 82.8 Å². The van der Waals surface area contributed by atoms with Crippen LogP contribution < -0.4 is 25.3 Å². The van der Waals surface area contributed by atoms with Crippen LogP contribution >= 0.6 is 0 Å². The van der Waals surface area contributed by atoms with Gasteiger partial charge in [0, 0.05) is 24.1 Å². The van der Waals surface area contributed by atoms with Crippen molar-refractivity contribution >= 4 is 5.91 Å². The predicted octanol–water partition coefficient (Wildman–Crippen LogP) is 1.85. The summed E-state index contributed by atoms with van der Waals surface area (Å²) in [7, 11) is 4.75. The second kappa shape index (κ2) is 8.06. The molecule has 2 atom stereocenters. The number of hydrogen-bond acceptors (Lipinski definition) is 5. The monoisotopic (exact) mass is 322 g/mol. The highest BCUT2D eigenvalue weighted by atomic mass is 16.5. The van der Waals surface area contributed by atoms with Gasteiger partial charge >= 0.3 is 0 Å². The van der Waals surface area contributed by atoms with Crippen LogP contribution in [0.15, 0.2) is 12.1 Å². The average Bonchev–Trinajstić information content (AvgIpc) is 2.58. The van der Waals surface area contributed by atoms with Crippen LogP contribution in [-0.2, 0) is 11.3 Å². The maximum absolute atomic E-state index is 12.4. The fourth-order valence-electron chi connectivity index (χ4n) is 3.04. The molecule has 1 aromatic rings. The van der Waals surface area contributed by atoms with E-state index in [1.165, 1.54) is 0 Å². The highest BCUT2D eigenvalue weighted by Gasteiger charge is 2.25. The second-order valence-corrected chi connectivity index (χ2v) is 5.85. The van der Waals surface area contributed by atoms with Gasteiger partial charge in [-0.15, -0.1) is 0 Å². The third-order valence-corrected chi connectivity index (χ3v) is 4.34. The molecule has 0 saturated heterocycles. The number of carbonyl (C=O) groups is 1. The molecule has 3 N–H and O–H groups in total. The summed E-state index contributed by atoms with van der Waals surface area (Å²) in [6.07, 6.45) is 3.66. The lowest BCUT2D eigenvalue weighted by molar-refractivity contribution is -0.126. The molecule has 0 aliphatic heterocycles. The molecular weight excluding hydrogens is 296 g/mol. The molecule has 0 spiro atoms. The second-order valence-electron chi connectivity index (χ2n) is 5.85. The van der Waals surface area contributed by atoms with Gasteiger partial charge in [-0.3, -0.25) is 4.79 Å². The van der Waals surface area contributed by atoms with E-state index in [9.17, 15) is 4.79 Å². The van der Waals surface area contributed by atoms with E-state index in [4.69, 9.17) is 19.9 Å². The lowest BCUT2D eigenvalue weighted by atomic mass is 9.85. The Morgan fingerprint density at radius 3 is 2.35 bits per heavy atom. The Balaban J connectivity index is 2.08.